The lowest BCUT2D eigenvalue weighted by Crippen LogP contribution is -2.29. The molecule has 0 saturated carbocycles. The molecule has 3 rings (SSSR count). The molecule has 0 fully saturated rings. The molecular weight excluding hydrogens is 467 g/mol. The van der Waals surface area contributed by atoms with Crippen LogP contribution in [-0.4, -0.2) is 32.6 Å². The Morgan fingerprint density at radius 2 is 2.19 bits per heavy atom. The highest BCUT2D eigenvalue weighted by molar-refractivity contribution is 9.10. The Morgan fingerprint density at radius 3 is 2.87 bits per heavy atom. The summed E-state index contributed by atoms with van der Waals surface area (Å²) in [6.45, 7) is 1.81. The zero-order chi connectivity index (χ0) is 22.7. The summed E-state index contributed by atoms with van der Waals surface area (Å²) in [5.41, 5.74) is 7.02. The predicted molar refractivity (Wildman–Crippen MR) is 116 cm³/mol. The molecule has 10 heteroatoms. The highest BCUT2D eigenvalue weighted by Gasteiger charge is 2.25. The number of hydrogen-bond acceptors (Lipinski definition) is 6. The number of carbonyl (C=O) groups excluding carboxylic acids is 1. The number of hydrogen-bond donors (Lipinski definition) is 1. The van der Waals surface area contributed by atoms with Crippen LogP contribution in [0.1, 0.15) is 40.3 Å². The van der Waals surface area contributed by atoms with E-state index < -0.39 is 17.8 Å². The van der Waals surface area contributed by atoms with Crippen molar-refractivity contribution < 1.29 is 13.9 Å². The summed E-state index contributed by atoms with van der Waals surface area (Å²) in [4.78, 5) is 18.5. The molecule has 2 aromatic heterocycles. The zero-order valence-electron chi connectivity index (χ0n) is 17.1. The lowest BCUT2D eigenvalue weighted by atomic mass is 10.0. The van der Waals surface area contributed by atoms with Gasteiger partial charge in [0.15, 0.2) is 11.6 Å². The van der Waals surface area contributed by atoms with Gasteiger partial charge in [-0.1, -0.05) is 12.1 Å². The van der Waals surface area contributed by atoms with Gasteiger partial charge in [0.2, 0.25) is 0 Å². The number of nitrogens with zero attached hydrogens (tertiary/aromatic N) is 5. The number of aromatic nitrogens is 3. The van der Waals surface area contributed by atoms with E-state index in [1.807, 2.05) is 6.07 Å². The van der Waals surface area contributed by atoms with Gasteiger partial charge in [0.05, 0.1) is 17.8 Å². The minimum absolute atomic E-state index is 0.101. The fourth-order valence-electron chi connectivity index (χ4n) is 3.10. The molecule has 0 saturated heterocycles. The van der Waals surface area contributed by atoms with Crippen molar-refractivity contribution >= 4 is 27.7 Å². The van der Waals surface area contributed by atoms with Crippen molar-refractivity contribution in [3.63, 3.8) is 0 Å². The van der Waals surface area contributed by atoms with E-state index >= 15 is 0 Å². The third-order valence-electron chi connectivity index (χ3n) is 4.64. The number of halogens is 2. The van der Waals surface area contributed by atoms with E-state index in [9.17, 15) is 9.18 Å². The summed E-state index contributed by atoms with van der Waals surface area (Å²) in [7, 11) is 3.18. The topological polar surface area (TPSA) is 110 Å². The molecule has 0 aliphatic heterocycles. The standard InChI is InChI=1S/C21H20BrFN6O2/c1-12(31-18-7-13(22)10-26-20(18)25)16-5-4-6-17(23)19(16)21(30)28(2)11-14-8-15(9-24)29(3)27-14/h4-8,10,12H,11H2,1-3H3,(H2,25,26). The van der Waals surface area contributed by atoms with Crippen molar-refractivity contribution in [3.8, 4) is 11.8 Å². The van der Waals surface area contributed by atoms with Gasteiger partial charge in [-0.25, -0.2) is 9.37 Å². The Morgan fingerprint density at radius 1 is 1.45 bits per heavy atom. The lowest BCUT2D eigenvalue weighted by molar-refractivity contribution is 0.0773. The average molecular weight is 487 g/mol. The maximum atomic E-state index is 14.8. The lowest BCUT2D eigenvalue weighted by Gasteiger charge is -2.22. The van der Waals surface area contributed by atoms with Crippen LogP contribution in [0.4, 0.5) is 10.2 Å². The average Bonchev–Trinajstić information content (AvgIpc) is 3.08. The fraction of sp³-hybridized carbons (Fsp3) is 0.238. The summed E-state index contributed by atoms with van der Waals surface area (Å²) < 4.78 is 22.7. The first-order valence-electron chi connectivity index (χ1n) is 9.25. The Bertz CT molecular complexity index is 1170. The number of amides is 1. The number of nitriles is 1. The van der Waals surface area contributed by atoms with Crippen LogP contribution < -0.4 is 10.5 Å². The van der Waals surface area contributed by atoms with Gasteiger partial charge >= 0.3 is 0 Å². The molecule has 1 aromatic carbocycles. The Hall–Kier alpha value is -3.45. The number of carbonyl (C=O) groups is 1. The minimum Gasteiger partial charge on any atom is -0.482 e. The van der Waals surface area contributed by atoms with Gasteiger partial charge < -0.3 is 15.4 Å². The molecular formula is C21H20BrFN6O2. The first-order valence-corrected chi connectivity index (χ1v) is 10.0. The van der Waals surface area contributed by atoms with Gasteiger partial charge in [0.25, 0.3) is 5.91 Å². The van der Waals surface area contributed by atoms with Gasteiger partial charge in [-0.3, -0.25) is 9.48 Å². The third-order valence-corrected chi connectivity index (χ3v) is 5.07. The molecule has 3 aromatic rings. The number of benzene rings is 1. The molecule has 1 atom stereocenters. The number of aryl methyl sites for hydroxylation is 1. The molecule has 2 N–H and O–H groups in total. The second-order valence-electron chi connectivity index (χ2n) is 6.92. The van der Waals surface area contributed by atoms with Crippen molar-refractivity contribution in [3.05, 3.63) is 69.3 Å². The summed E-state index contributed by atoms with van der Waals surface area (Å²) in [6.07, 6.45) is 0.857. The van der Waals surface area contributed by atoms with Crippen LogP contribution in [0.15, 0.2) is 41.0 Å². The molecule has 1 unspecified atom stereocenters. The fourth-order valence-corrected chi connectivity index (χ4v) is 3.41. The number of anilines is 1. The smallest absolute Gasteiger partial charge is 0.257 e. The number of nitrogens with two attached hydrogens (primary N) is 1. The largest absolute Gasteiger partial charge is 0.482 e. The molecule has 31 heavy (non-hydrogen) atoms. The van der Waals surface area contributed by atoms with Gasteiger partial charge in [-0.15, -0.1) is 0 Å². The van der Waals surface area contributed by atoms with Gasteiger partial charge in [-0.2, -0.15) is 10.4 Å². The van der Waals surface area contributed by atoms with Crippen LogP contribution >= 0.6 is 15.9 Å². The van der Waals surface area contributed by atoms with E-state index in [0.717, 1.165) is 0 Å². The third kappa shape index (κ3) is 4.83. The van der Waals surface area contributed by atoms with Crippen LogP contribution in [0.3, 0.4) is 0 Å². The quantitative estimate of drug-likeness (QED) is 0.569. The molecule has 0 radical (unpaired) electrons. The molecule has 8 nitrogen and oxygen atoms in total. The van der Waals surface area contributed by atoms with Gasteiger partial charge in [0.1, 0.15) is 23.7 Å². The van der Waals surface area contributed by atoms with E-state index in [1.165, 1.54) is 27.9 Å². The number of pyridine rings is 1. The SMILES string of the molecule is CC(Oc1cc(Br)cnc1N)c1cccc(F)c1C(=O)N(C)Cc1cc(C#N)n(C)n1. The maximum absolute atomic E-state index is 14.8. The van der Waals surface area contributed by atoms with Crippen LogP contribution in [0.25, 0.3) is 0 Å². The molecule has 0 aliphatic carbocycles. The van der Waals surface area contributed by atoms with Crippen molar-refractivity contribution in [2.75, 3.05) is 12.8 Å². The molecule has 1 amide bonds. The van der Waals surface area contributed by atoms with E-state index in [1.54, 1.807) is 39.2 Å². The summed E-state index contributed by atoms with van der Waals surface area (Å²) in [6, 6.07) is 9.62. The molecule has 0 aliphatic rings. The Labute approximate surface area is 187 Å². The Balaban J connectivity index is 1.88. The second kappa shape index (κ2) is 9.14. The molecule has 0 spiro atoms. The van der Waals surface area contributed by atoms with Crippen LogP contribution in [-0.2, 0) is 13.6 Å². The number of rotatable bonds is 6. The van der Waals surface area contributed by atoms with Crippen LogP contribution in [0.5, 0.6) is 5.75 Å². The summed E-state index contributed by atoms with van der Waals surface area (Å²) in [5, 5.41) is 13.3. The highest BCUT2D eigenvalue weighted by Crippen LogP contribution is 2.31. The second-order valence-corrected chi connectivity index (χ2v) is 7.83. The number of ether oxygens (including phenoxy) is 1. The first kappa shape index (κ1) is 22.2. The first-order chi connectivity index (χ1) is 14.7. The molecule has 0 bridgehead atoms. The van der Waals surface area contributed by atoms with Crippen molar-refractivity contribution in [2.45, 2.75) is 19.6 Å². The van der Waals surface area contributed by atoms with Crippen molar-refractivity contribution in [2.24, 2.45) is 7.05 Å². The molecule has 2 heterocycles. The minimum atomic E-state index is -0.679. The van der Waals surface area contributed by atoms with E-state index in [-0.39, 0.29) is 17.9 Å². The monoisotopic (exact) mass is 486 g/mol. The predicted octanol–water partition coefficient (Wildman–Crippen LogP) is 3.58. The molecule has 160 valence electrons. The maximum Gasteiger partial charge on any atom is 0.257 e. The Kier molecular flexibility index (Phi) is 6.56. The van der Waals surface area contributed by atoms with Crippen LogP contribution in [0, 0.1) is 17.1 Å². The summed E-state index contributed by atoms with van der Waals surface area (Å²) >= 11 is 3.31. The highest BCUT2D eigenvalue weighted by atomic mass is 79.9. The normalized spacial score (nSPS) is 11.6. The zero-order valence-corrected chi connectivity index (χ0v) is 18.7. The van der Waals surface area contributed by atoms with Gasteiger partial charge in [0, 0.05) is 30.3 Å². The number of nitrogen functional groups attached to an aromatic ring is 1. The van der Waals surface area contributed by atoms with Gasteiger partial charge in [-0.05, 0) is 41.1 Å². The van der Waals surface area contributed by atoms with Crippen LogP contribution in [0.2, 0.25) is 0 Å². The van der Waals surface area contributed by atoms with E-state index in [0.29, 0.717) is 27.2 Å². The summed E-state index contributed by atoms with van der Waals surface area (Å²) in [5.74, 6) is -0.702. The van der Waals surface area contributed by atoms with Crippen molar-refractivity contribution in [1.82, 2.24) is 19.7 Å². The van der Waals surface area contributed by atoms with Crippen molar-refractivity contribution in [1.29, 1.82) is 5.26 Å². The van der Waals surface area contributed by atoms with E-state index in [2.05, 4.69) is 26.0 Å². The van der Waals surface area contributed by atoms with E-state index in [4.69, 9.17) is 15.7 Å².